The molecule has 0 saturated carbocycles. The van der Waals surface area contributed by atoms with E-state index in [-0.39, 0.29) is 6.04 Å². The van der Waals surface area contributed by atoms with E-state index in [4.69, 9.17) is 0 Å². The van der Waals surface area contributed by atoms with Crippen molar-refractivity contribution < 1.29 is 14.4 Å². The smallest absolute Gasteiger partial charge is 0.129 e. The van der Waals surface area contributed by atoms with Gasteiger partial charge in [0.2, 0.25) is 0 Å². The average Bonchev–Trinajstić information content (AvgIpc) is 2.56. The molecule has 0 heterocycles. The largest absolute Gasteiger partial charge is 0.544 e. The Morgan fingerprint density at radius 3 is 1.48 bits per heavy atom. The number of unbranched alkanes of at least 4 members (excludes halogenated alkanes) is 9. The van der Waals surface area contributed by atoms with Crippen LogP contribution in [0.25, 0.3) is 0 Å². The minimum Gasteiger partial charge on any atom is -0.544 e. The zero-order valence-electron chi connectivity index (χ0n) is 16.2. The summed E-state index contributed by atoms with van der Waals surface area (Å²) in [6, 6.07) is -0.330. The molecule has 0 bridgehead atoms. The maximum Gasteiger partial charge on any atom is 0.129 e. The standard InChI is InChI=1S/C20H41NO2/c1-5-9-10-11-12-13-14-15-16-17-18-19(20(22)23)21(6-2,7-3)8-4/h19H,5-18H2,1-4H3. The highest BCUT2D eigenvalue weighted by Gasteiger charge is 2.32. The number of hydrogen-bond acceptors (Lipinski definition) is 2. The van der Waals surface area contributed by atoms with Crippen LogP contribution in [0.4, 0.5) is 0 Å². The molecule has 1 atom stereocenters. The van der Waals surface area contributed by atoms with E-state index in [1.54, 1.807) is 0 Å². The molecule has 0 amide bonds. The van der Waals surface area contributed by atoms with E-state index in [9.17, 15) is 9.90 Å². The number of hydrogen-bond donors (Lipinski definition) is 0. The lowest BCUT2D eigenvalue weighted by Crippen LogP contribution is -2.61. The first-order valence-electron chi connectivity index (χ1n) is 10.1. The Balaban J connectivity index is 3.92. The molecule has 0 aromatic heterocycles. The molecule has 0 radical (unpaired) electrons. The highest BCUT2D eigenvalue weighted by molar-refractivity contribution is 5.69. The summed E-state index contributed by atoms with van der Waals surface area (Å²) >= 11 is 0. The van der Waals surface area contributed by atoms with Crippen molar-refractivity contribution in [1.82, 2.24) is 0 Å². The van der Waals surface area contributed by atoms with E-state index in [0.717, 1.165) is 38.9 Å². The summed E-state index contributed by atoms with van der Waals surface area (Å²) in [5.74, 6) is -0.855. The van der Waals surface area contributed by atoms with Gasteiger partial charge in [-0.3, -0.25) is 0 Å². The van der Waals surface area contributed by atoms with E-state index in [1.807, 2.05) is 0 Å². The van der Waals surface area contributed by atoms with E-state index in [0.29, 0.717) is 4.48 Å². The fourth-order valence-electron chi connectivity index (χ4n) is 3.77. The molecule has 138 valence electrons. The lowest BCUT2D eigenvalue weighted by atomic mass is 10.0. The fraction of sp³-hybridized carbons (Fsp3) is 0.950. The number of carbonyl (C=O) groups excluding carboxylic acids is 1. The molecule has 0 saturated heterocycles. The third-order valence-electron chi connectivity index (χ3n) is 5.65. The molecule has 0 aromatic rings. The first-order valence-corrected chi connectivity index (χ1v) is 10.1. The number of rotatable bonds is 16. The summed E-state index contributed by atoms with van der Waals surface area (Å²) in [4.78, 5) is 11.6. The van der Waals surface area contributed by atoms with Crippen LogP contribution in [0.3, 0.4) is 0 Å². The van der Waals surface area contributed by atoms with E-state index in [1.165, 1.54) is 51.4 Å². The van der Waals surface area contributed by atoms with Crippen molar-refractivity contribution in [1.29, 1.82) is 0 Å². The number of carboxylic acid groups (broad SMARTS) is 1. The maximum atomic E-state index is 11.6. The second-order valence-electron chi connectivity index (χ2n) is 6.97. The minimum atomic E-state index is -0.855. The van der Waals surface area contributed by atoms with Gasteiger partial charge in [-0.15, -0.1) is 0 Å². The molecule has 0 fully saturated rings. The summed E-state index contributed by atoms with van der Waals surface area (Å²) in [6.07, 6.45) is 13.7. The van der Waals surface area contributed by atoms with Crippen LogP contribution in [0, 0.1) is 0 Å². The van der Waals surface area contributed by atoms with Crippen LogP contribution < -0.4 is 5.11 Å². The zero-order valence-corrected chi connectivity index (χ0v) is 16.2. The van der Waals surface area contributed by atoms with E-state index < -0.39 is 5.97 Å². The van der Waals surface area contributed by atoms with Gasteiger partial charge in [0.15, 0.2) is 0 Å². The second kappa shape index (κ2) is 13.8. The van der Waals surface area contributed by atoms with Crippen LogP contribution in [0.5, 0.6) is 0 Å². The Bertz CT molecular complexity index is 279. The third kappa shape index (κ3) is 8.74. The predicted molar refractivity (Wildman–Crippen MR) is 97.1 cm³/mol. The number of carboxylic acids is 1. The Morgan fingerprint density at radius 1 is 0.739 bits per heavy atom. The zero-order chi connectivity index (χ0) is 17.6. The number of carbonyl (C=O) groups is 1. The van der Waals surface area contributed by atoms with Gasteiger partial charge in [0.25, 0.3) is 0 Å². The van der Waals surface area contributed by atoms with Crippen LogP contribution in [0.15, 0.2) is 0 Å². The normalized spacial score (nSPS) is 13.2. The molecular weight excluding hydrogens is 286 g/mol. The van der Waals surface area contributed by atoms with E-state index >= 15 is 0 Å². The summed E-state index contributed by atoms with van der Waals surface area (Å²) in [5.41, 5.74) is 0. The monoisotopic (exact) mass is 327 g/mol. The van der Waals surface area contributed by atoms with Crippen LogP contribution in [0.1, 0.15) is 98.3 Å². The lowest BCUT2D eigenvalue weighted by Gasteiger charge is -2.43. The van der Waals surface area contributed by atoms with Gasteiger partial charge in [0.05, 0.1) is 25.6 Å². The van der Waals surface area contributed by atoms with Gasteiger partial charge in [0.1, 0.15) is 6.04 Å². The van der Waals surface area contributed by atoms with Gasteiger partial charge in [0, 0.05) is 6.42 Å². The SMILES string of the molecule is CCCCCCCCCCCCC(C(=O)[O-])[N+](CC)(CC)CC. The highest BCUT2D eigenvalue weighted by Crippen LogP contribution is 2.20. The third-order valence-corrected chi connectivity index (χ3v) is 5.65. The predicted octanol–water partition coefficient (Wildman–Crippen LogP) is 4.29. The summed E-state index contributed by atoms with van der Waals surface area (Å²) in [7, 11) is 0. The first-order chi connectivity index (χ1) is 11.1. The molecule has 1 unspecified atom stereocenters. The van der Waals surface area contributed by atoms with Crippen molar-refractivity contribution in [2.45, 2.75) is 104 Å². The molecule has 0 aliphatic rings. The Labute approximate surface area is 145 Å². The van der Waals surface area contributed by atoms with Crippen molar-refractivity contribution in [2.75, 3.05) is 19.6 Å². The van der Waals surface area contributed by atoms with Crippen molar-refractivity contribution in [3.8, 4) is 0 Å². The topological polar surface area (TPSA) is 40.1 Å². The Kier molecular flexibility index (Phi) is 13.5. The molecule has 0 N–H and O–H groups in total. The van der Waals surface area contributed by atoms with Crippen LogP contribution in [-0.4, -0.2) is 36.1 Å². The molecule has 0 aliphatic heterocycles. The molecule has 3 heteroatoms. The second-order valence-corrected chi connectivity index (χ2v) is 6.97. The quantitative estimate of drug-likeness (QED) is 0.313. The van der Waals surface area contributed by atoms with Gasteiger partial charge >= 0.3 is 0 Å². The van der Waals surface area contributed by atoms with Gasteiger partial charge in [-0.25, -0.2) is 0 Å². The van der Waals surface area contributed by atoms with E-state index in [2.05, 4.69) is 27.7 Å². The number of likely N-dealkylation sites (N-methyl/N-ethyl adjacent to an activating group) is 1. The van der Waals surface area contributed by atoms with Gasteiger partial charge < -0.3 is 14.4 Å². The lowest BCUT2D eigenvalue weighted by molar-refractivity contribution is -0.940. The first kappa shape index (κ1) is 22.4. The summed E-state index contributed by atoms with van der Waals surface area (Å²) < 4.78 is 0.666. The highest BCUT2D eigenvalue weighted by atomic mass is 16.4. The Hall–Kier alpha value is -0.570. The Morgan fingerprint density at radius 2 is 1.13 bits per heavy atom. The van der Waals surface area contributed by atoms with Gasteiger partial charge in [-0.05, 0) is 27.2 Å². The van der Waals surface area contributed by atoms with Crippen molar-refractivity contribution >= 4 is 5.97 Å². The van der Waals surface area contributed by atoms with Crippen LogP contribution in [0.2, 0.25) is 0 Å². The molecular formula is C20H41NO2. The minimum absolute atomic E-state index is 0.330. The molecule has 3 nitrogen and oxygen atoms in total. The molecule has 0 aliphatic carbocycles. The summed E-state index contributed by atoms with van der Waals surface area (Å²) in [6.45, 7) is 11.2. The van der Waals surface area contributed by atoms with Gasteiger partial charge in [-0.1, -0.05) is 64.7 Å². The number of quaternary nitrogens is 1. The summed E-state index contributed by atoms with van der Waals surface area (Å²) in [5, 5.41) is 11.6. The maximum absolute atomic E-state index is 11.6. The molecule has 0 spiro atoms. The van der Waals surface area contributed by atoms with Crippen molar-refractivity contribution in [3.05, 3.63) is 0 Å². The van der Waals surface area contributed by atoms with Crippen LogP contribution in [-0.2, 0) is 4.79 Å². The molecule has 0 rings (SSSR count). The molecule has 0 aromatic carbocycles. The molecule has 23 heavy (non-hydrogen) atoms. The average molecular weight is 328 g/mol. The van der Waals surface area contributed by atoms with Crippen molar-refractivity contribution in [2.24, 2.45) is 0 Å². The fourth-order valence-corrected chi connectivity index (χ4v) is 3.77. The number of nitrogens with zero attached hydrogens (tertiary/aromatic N) is 1. The van der Waals surface area contributed by atoms with Crippen LogP contribution >= 0.6 is 0 Å². The van der Waals surface area contributed by atoms with Gasteiger partial charge in [-0.2, -0.15) is 0 Å². The van der Waals surface area contributed by atoms with Crippen molar-refractivity contribution in [3.63, 3.8) is 0 Å². The number of aliphatic carboxylic acids is 1.